The van der Waals surface area contributed by atoms with Crippen LogP contribution in [-0.4, -0.2) is 60.3 Å². The van der Waals surface area contributed by atoms with Crippen molar-refractivity contribution in [2.24, 2.45) is 28.5 Å². The lowest BCUT2D eigenvalue weighted by molar-refractivity contribution is -0.125. The van der Waals surface area contributed by atoms with Gasteiger partial charge in [-0.2, -0.15) is 4.99 Å². The minimum Gasteiger partial charge on any atom is -0.492 e. The van der Waals surface area contributed by atoms with E-state index in [9.17, 15) is 18.4 Å². The molecule has 3 amide bonds. The summed E-state index contributed by atoms with van der Waals surface area (Å²) in [7, 11) is 0. The molecule has 1 aromatic heterocycles. The van der Waals surface area contributed by atoms with E-state index in [4.69, 9.17) is 10.5 Å². The van der Waals surface area contributed by atoms with Crippen molar-refractivity contribution in [2.45, 2.75) is 52.4 Å². The summed E-state index contributed by atoms with van der Waals surface area (Å²) in [5.74, 6) is 0.834. The standard InChI is InChI=1S/C25H35F2N5O3/c1-16(2)23(28)31-25(34)32-11-9-17(10-12-32)15-35-20-7-8-21(29-13-20)18-3-5-19(6-4-18)24(33)30-14-22(26)27/h3,7-8,13,16-17,19,22H,4-6,9-12,14-15H2,1-2H3,(H,30,33)(H2,28,31,34). The van der Waals surface area contributed by atoms with Gasteiger partial charge in [0.15, 0.2) is 0 Å². The number of rotatable bonds is 8. The van der Waals surface area contributed by atoms with E-state index in [1.54, 1.807) is 11.1 Å². The molecule has 2 aliphatic rings. The Morgan fingerprint density at radius 1 is 1.26 bits per heavy atom. The molecule has 0 radical (unpaired) electrons. The van der Waals surface area contributed by atoms with Gasteiger partial charge in [0.1, 0.15) is 11.6 Å². The monoisotopic (exact) mass is 491 g/mol. The molecule has 1 aliphatic heterocycles. The molecule has 8 nitrogen and oxygen atoms in total. The molecule has 1 unspecified atom stereocenters. The van der Waals surface area contributed by atoms with Gasteiger partial charge in [-0.05, 0) is 55.7 Å². The van der Waals surface area contributed by atoms with Gasteiger partial charge in [0.2, 0.25) is 5.91 Å². The third-order valence-electron chi connectivity index (χ3n) is 6.46. The third-order valence-corrected chi connectivity index (χ3v) is 6.46. The molecule has 1 saturated heterocycles. The highest BCUT2D eigenvalue weighted by Crippen LogP contribution is 2.30. The number of amidine groups is 1. The number of alkyl halides is 2. The maximum Gasteiger partial charge on any atom is 0.345 e. The first-order valence-corrected chi connectivity index (χ1v) is 12.2. The van der Waals surface area contributed by atoms with E-state index < -0.39 is 13.0 Å². The maximum atomic E-state index is 12.3. The van der Waals surface area contributed by atoms with Gasteiger partial charge in [-0.1, -0.05) is 19.9 Å². The van der Waals surface area contributed by atoms with Gasteiger partial charge in [0.25, 0.3) is 6.43 Å². The van der Waals surface area contributed by atoms with Gasteiger partial charge in [-0.15, -0.1) is 0 Å². The van der Waals surface area contributed by atoms with E-state index in [-0.39, 0.29) is 23.8 Å². The zero-order chi connectivity index (χ0) is 25.4. The van der Waals surface area contributed by atoms with Crippen LogP contribution in [0.5, 0.6) is 5.75 Å². The average Bonchev–Trinajstić information content (AvgIpc) is 2.86. The topological polar surface area (TPSA) is 110 Å². The first kappa shape index (κ1) is 26.6. The normalized spacial score (nSPS) is 19.6. The van der Waals surface area contributed by atoms with Crippen LogP contribution in [0.3, 0.4) is 0 Å². The molecule has 35 heavy (non-hydrogen) atoms. The Morgan fingerprint density at radius 2 is 2.00 bits per heavy atom. The minimum absolute atomic E-state index is 0.0442. The molecular formula is C25H35F2N5O3. The molecule has 1 atom stereocenters. The van der Waals surface area contributed by atoms with E-state index in [0.717, 1.165) is 24.1 Å². The van der Waals surface area contributed by atoms with E-state index in [2.05, 4.69) is 15.3 Å². The predicted molar refractivity (Wildman–Crippen MR) is 130 cm³/mol. The number of urea groups is 1. The first-order chi connectivity index (χ1) is 16.7. The molecule has 1 fully saturated rings. The largest absolute Gasteiger partial charge is 0.492 e. The Bertz CT molecular complexity index is 926. The maximum absolute atomic E-state index is 12.3. The van der Waals surface area contributed by atoms with E-state index in [1.165, 1.54) is 0 Å². The lowest BCUT2D eigenvalue weighted by atomic mass is 9.87. The fourth-order valence-corrected chi connectivity index (χ4v) is 4.10. The number of pyridine rings is 1. The number of amides is 3. The molecule has 0 saturated carbocycles. The second-order valence-corrected chi connectivity index (χ2v) is 9.43. The Labute approximate surface area is 205 Å². The number of carbonyl (C=O) groups is 2. The highest BCUT2D eigenvalue weighted by atomic mass is 19.3. The third kappa shape index (κ3) is 8.00. The molecule has 3 rings (SSSR count). The Kier molecular flexibility index (Phi) is 9.56. The van der Waals surface area contributed by atoms with Gasteiger partial charge < -0.3 is 20.7 Å². The number of piperidine rings is 1. The summed E-state index contributed by atoms with van der Waals surface area (Å²) in [4.78, 5) is 34.4. The molecule has 0 bridgehead atoms. The molecule has 0 spiro atoms. The van der Waals surface area contributed by atoms with Crippen LogP contribution in [0.25, 0.3) is 5.57 Å². The lowest BCUT2D eigenvalue weighted by Gasteiger charge is -2.30. The number of ether oxygens (including phenoxy) is 1. The van der Waals surface area contributed by atoms with Gasteiger partial charge in [-0.25, -0.2) is 13.6 Å². The summed E-state index contributed by atoms with van der Waals surface area (Å²) in [5, 5.41) is 2.29. The number of nitrogens with one attached hydrogen (secondary N) is 1. The number of nitrogens with zero attached hydrogens (tertiary/aromatic N) is 3. The second-order valence-electron chi connectivity index (χ2n) is 9.43. The molecule has 3 N–H and O–H groups in total. The van der Waals surface area contributed by atoms with Crippen molar-refractivity contribution in [3.63, 3.8) is 0 Å². The van der Waals surface area contributed by atoms with E-state index >= 15 is 0 Å². The van der Waals surface area contributed by atoms with Crippen LogP contribution in [-0.2, 0) is 4.79 Å². The smallest absolute Gasteiger partial charge is 0.345 e. The fourth-order valence-electron chi connectivity index (χ4n) is 4.10. The molecule has 10 heteroatoms. The van der Waals surface area contributed by atoms with Crippen LogP contribution >= 0.6 is 0 Å². The Hall–Kier alpha value is -3.04. The van der Waals surface area contributed by atoms with Gasteiger partial charge in [-0.3, -0.25) is 9.78 Å². The molecule has 0 aromatic carbocycles. The van der Waals surface area contributed by atoms with Crippen LogP contribution in [0.2, 0.25) is 0 Å². The van der Waals surface area contributed by atoms with Crippen molar-refractivity contribution in [3.05, 3.63) is 30.1 Å². The van der Waals surface area contributed by atoms with E-state index in [0.29, 0.717) is 56.5 Å². The number of hydrogen-bond donors (Lipinski definition) is 2. The van der Waals surface area contributed by atoms with Crippen molar-refractivity contribution < 1.29 is 23.1 Å². The zero-order valence-corrected chi connectivity index (χ0v) is 20.4. The second kappa shape index (κ2) is 12.6. The number of hydrogen-bond acceptors (Lipinski definition) is 4. The Balaban J connectivity index is 1.42. The molecule has 1 aromatic rings. The number of allylic oxidation sites excluding steroid dienone is 2. The van der Waals surface area contributed by atoms with Crippen molar-refractivity contribution in [1.29, 1.82) is 0 Å². The van der Waals surface area contributed by atoms with Gasteiger partial charge >= 0.3 is 6.03 Å². The number of likely N-dealkylation sites (tertiary alicyclic amines) is 1. The van der Waals surface area contributed by atoms with Crippen molar-refractivity contribution in [2.75, 3.05) is 26.2 Å². The number of halogens is 2. The summed E-state index contributed by atoms with van der Waals surface area (Å²) in [6.45, 7) is 5.03. The lowest BCUT2D eigenvalue weighted by Crippen LogP contribution is -2.39. The molecular weight excluding hydrogens is 456 g/mol. The van der Waals surface area contributed by atoms with E-state index in [1.807, 2.05) is 32.1 Å². The average molecular weight is 492 g/mol. The predicted octanol–water partition coefficient (Wildman–Crippen LogP) is 3.87. The summed E-state index contributed by atoms with van der Waals surface area (Å²) >= 11 is 0. The summed E-state index contributed by atoms with van der Waals surface area (Å²) < 4.78 is 30.5. The molecule has 192 valence electrons. The SMILES string of the molecule is CC(C)/C(N)=N/C(=O)N1CCC(COc2ccc(C3=CCC(C(=O)NCC(F)F)CC3)nc2)CC1. The van der Waals surface area contributed by atoms with Crippen LogP contribution in [0.15, 0.2) is 29.4 Å². The first-order valence-electron chi connectivity index (χ1n) is 12.2. The Morgan fingerprint density at radius 3 is 2.57 bits per heavy atom. The summed E-state index contributed by atoms with van der Waals surface area (Å²) in [6.07, 6.45) is 4.60. The van der Waals surface area contributed by atoms with Crippen molar-refractivity contribution >= 4 is 23.3 Å². The van der Waals surface area contributed by atoms with Gasteiger partial charge in [0, 0.05) is 24.9 Å². The van der Waals surface area contributed by atoms with Crippen LogP contribution in [0.1, 0.15) is 51.6 Å². The highest BCUT2D eigenvalue weighted by molar-refractivity contribution is 5.93. The van der Waals surface area contributed by atoms with Gasteiger partial charge in [0.05, 0.1) is 25.0 Å². The number of aliphatic imine (C=N–C) groups is 1. The highest BCUT2D eigenvalue weighted by Gasteiger charge is 2.24. The fraction of sp³-hybridized carbons (Fsp3) is 0.600. The summed E-state index contributed by atoms with van der Waals surface area (Å²) in [5.41, 5.74) is 7.67. The quantitative estimate of drug-likeness (QED) is 0.424. The molecule has 1 aliphatic carbocycles. The number of nitrogens with two attached hydrogens (primary N) is 1. The zero-order valence-electron chi connectivity index (χ0n) is 20.4. The van der Waals surface area contributed by atoms with Crippen LogP contribution in [0, 0.1) is 17.8 Å². The minimum atomic E-state index is -2.54. The van der Waals surface area contributed by atoms with Crippen molar-refractivity contribution in [3.8, 4) is 5.75 Å². The number of aromatic nitrogens is 1. The summed E-state index contributed by atoms with van der Waals surface area (Å²) in [6, 6.07) is 3.51. The molecule has 2 heterocycles. The van der Waals surface area contributed by atoms with Crippen LogP contribution in [0.4, 0.5) is 13.6 Å². The van der Waals surface area contributed by atoms with Crippen LogP contribution < -0.4 is 15.8 Å². The number of carbonyl (C=O) groups excluding carboxylic acids is 2. The van der Waals surface area contributed by atoms with Crippen molar-refractivity contribution in [1.82, 2.24) is 15.2 Å².